The number of fused-ring (bicyclic) bond motifs is 1. The third-order valence-electron chi connectivity index (χ3n) is 6.80. The summed E-state index contributed by atoms with van der Waals surface area (Å²) in [6, 6.07) is 8.03. The molecule has 2 aliphatic carbocycles. The fourth-order valence-electron chi connectivity index (χ4n) is 5.06. The lowest BCUT2D eigenvalue weighted by Gasteiger charge is -2.53. The van der Waals surface area contributed by atoms with Crippen LogP contribution < -0.4 is 5.32 Å². The number of aromatic nitrogens is 3. The highest BCUT2D eigenvalue weighted by Crippen LogP contribution is 2.50. The molecule has 2 saturated carbocycles. The lowest BCUT2D eigenvalue weighted by molar-refractivity contribution is -0.0232. The van der Waals surface area contributed by atoms with E-state index in [1.165, 1.54) is 0 Å². The minimum Gasteiger partial charge on any atom is -0.373 e. The number of aliphatic hydroxyl groups is 1. The molecule has 0 radical (unpaired) electrons. The van der Waals surface area contributed by atoms with Gasteiger partial charge in [0.2, 0.25) is 5.95 Å². The third-order valence-corrected chi connectivity index (χ3v) is 6.80. The van der Waals surface area contributed by atoms with E-state index in [1.54, 1.807) is 4.52 Å². The second-order valence-electron chi connectivity index (χ2n) is 8.89. The van der Waals surface area contributed by atoms with Gasteiger partial charge >= 0.3 is 0 Å². The fraction of sp³-hybridized carbons (Fsp3) is 0.650. The Morgan fingerprint density at radius 3 is 2.69 bits per heavy atom. The average molecular weight is 402 g/mol. The molecule has 1 aliphatic heterocycles. The van der Waals surface area contributed by atoms with Gasteiger partial charge in [-0.2, -0.15) is 10.2 Å². The molecule has 3 heterocycles. The van der Waals surface area contributed by atoms with Gasteiger partial charge in [0.15, 0.2) is 5.65 Å². The number of aliphatic hydroxyl groups excluding tert-OH is 1. The SMILES string of the molecule is N#CCN1CC2(CCC(c3cccc4nc(NC(O)[C@H]5CC5(F)F)nn34)CC2)C1. The number of halogens is 2. The van der Waals surface area contributed by atoms with Gasteiger partial charge in [-0.05, 0) is 43.2 Å². The van der Waals surface area contributed by atoms with E-state index in [1.807, 2.05) is 18.2 Å². The standard InChI is InChI=1S/C20H24F2N6O/c21-20(22)10-14(20)17(29)25-18-24-16-3-1-2-15(28(16)26-18)13-4-6-19(7-5-13)11-27(12-19)9-8-23/h1-3,13-14,17,29H,4-7,9-12H2,(H,25,26)/t14-,17?/m1/s1. The second kappa shape index (κ2) is 6.61. The van der Waals surface area contributed by atoms with Crippen molar-refractivity contribution < 1.29 is 13.9 Å². The fourth-order valence-corrected chi connectivity index (χ4v) is 5.06. The number of nitrogens with zero attached hydrogens (tertiary/aromatic N) is 5. The van der Waals surface area contributed by atoms with E-state index in [0.29, 0.717) is 23.5 Å². The highest BCUT2D eigenvalue weighted by Gasteiger charge is 2.60. The molecule has 2 aromatic heterocycles. The van der Waals surface area contributed by atoms with Crippen LogP contribution in [0.2, 0.25) is 0 Å². The Morgan fingerprint density at radius 2 is 2.03 bits per heavy atom. The molecule has 3 fully saturated rings. The first-order valence-corrected chi connectivity index (χ1v) is 10.2. The number of likely N-dealkylation sites (tertiary alicyclic amines) is 1. The molecule has 2 atom stereocenters. The zero-order valence-electron chi connectivity index (χ0n) is 16.1. The zero-order valence-corrected chi connectivity index (χ0v) is 16.1. The molecule has 0 bridgehead atoms. The summed E-state index contributed by atoms with van der Waals surface area (Å²) in [5.41, 5.74) is 2.07. The summed E-state index contributed by atoms with van der Waals surface area (Å²) in [5.74, 6) is -3.35. The van der Waals surface area contributed by atoms with Crippen LogP contribution in [0.5, 0.6) is 0 Å². The van der Waals surface area contributed by atoms with Gasteiger partial charge in [-0.15, -0.1) is 5.10 Å². The molecule has 0 aromatic carbocycles. The Bertz CT molecular complexity index is 954. The van der Waals surface area contributed by atoms with Crippen molar-refractivity contribution in [2.45, 2.75) is 50.2 Å². The highest BCUT2D eigenvalue weighted by atomic mass is 19.3. The summed E-state index contributed by atoms with van der Waals surface area (Å²) >= 11 is 0. The molecule has 2 aromatic rings. The lowest BCUT2D eigenvalue weighted by atomic mass is 9.65. The van der Waals surface area contributed by atoms with Crippen molar-refractivity contribution in [1.29, 1.82) is 5.26 Å². The lowest BCUT2D eigenvalue weighted by Crippen LogP contribution is -2.57. The first-order chi connectivity index (χ1) is 13.9. The van der Waals surface area contributed by atoms with Crippen LogP contribution in [0.3, 0.4) is 0 Å². The van der Waals surface area contributed by atoms with Crippen LogP contribution in [0.15, 0.2) is 18.2 Å². The van der Waals surface area contributed by atoms with Crippen molar-refractivity contribution >= 4 is 11.6 Å². The van der Waals surface area contributed by atoms with Gasteiger partial charge in [-0.3, -0.25) is 4.90 Å². The van der Waals surface area contributed by atoms with Crippen molar-refractivity contribution in [1.82, 2.24) is 19.5 Å². The number of rotatable bonds is 5. The average Bonchev–Trinajstić information content (AvgIpc) is 3.12. The van der Waals surface area contributed by atoms with Crippen molar-refractivity contribution in [2.75, 3.05) is 25.0 Å². The maximum absolute atomic E-state index is 13.2. The number of hydrogen-bond donors (Lipinski definition) is 2. The first kappa shape index (κ1) is 18.7. The van der Waals surface area contributed by atoms with E-state index in [2.05, 4.69) is 26.4 Å². The number of anilines is 1. The van der Waals surface area contributed by atoms with Crippen LogP contribution in [-0.2, 0) is 0 Å². The molecule has 1 spiro atoms. The van der Waals surface area contributed by atoms with Crippen molar-refractivity contribution in [3.8, 4) is 6.07 Å². The number of pyridine rings is 1. The largest absolute Gasteiger partial charge is 0.373 e. The Hall–Kier alpha value is -2.31. The van der Waals surface area contributed by atoms with Crippen LogP contribution in [-0.4, -0.2) is 56.4 Å². The number of nitrogens with one attached hydrogen (secondary N) is 1. The monoisotopic (exact) mass is 402 g/mol. The molecular formula is C20H24F2N6O. The van der Waals surface area contributed by atoms with Gasteiger partial charge in [0.05, 0.1) is 18.5 Å². The number of nitriles is 1. The maximum atomic E-state index is 13.2. The van der Waals surface area contributed by atoms with Gasteiger partial charge in [0.1, 0.15) is 6.23 Å². The number of alkyl halides is 2. The van der Waals surface area contributed by atoms with Crippen LogP contribution in [0, 0.1) is 22.7 Å². The van der Waals surface area contributed by atoms with Crippen molar-refractivity contribution in [2.24, 2.45) is 11.3 Å². The minimum absolute atomic E-state index is 0.172. The van der Waals surface area contributed by atoms with Crippen LogP contribution in [0.1, 0.15) is 43.7 Å². The Morgan fingerprint density at radius 1 is 1.31 bits per heavy atom. The molecule has 7 nitrogen and oxygen atoms in total. The quantitative estimate of drug-likeness (QED) is 0.590. The van der Waals surface area contributed by atoms with Crippen LogP contribution >= 0.6 is 0 Å². The molecule has 154 valence electrons. The molecule has 3 aliphatic rings. The Labute approximate surface area is 167 Å². The van der Waals surface area contributed by atoms with Gasteiger partial charge in [-0.1, -0.05) is 6.07 Å². The summed E-state index contributed by atoms with van der Waals surface area (Å²) in [4.78, 5) is 6.55. The topological polar surface area (TPSA) is 89.5 Å². The Balaban J connectivity index is 1.28. The van der Waals surface area contributed by atoms with E-state index in [0.717, 1.165) is 44.5 Å². The van der Waals surface area contributed by atoms with Gasteiger partial charge in [-0.25, -0.2) is 13.3 Å². The van der Waals surface area contributed by atoms with Gasteiger partial charge in [0.25, 0.3) is 5.92 Å². The molecular weight excluding hydrogens is 378 g/mol. The van der Waals surface area contributed by atoms with Crippen molar-refractivity contribution in [3.05, 3.63) is 23.9 Å². The summed E-state index contributed by atoms with van der Waals surface area (Å²) in [5, 5.41) is 25.9. The Kier molecular flexibility index (Phi) is 4.26. The normalized spacial score (nSPS) is 26.8. The number of hydrogen-bond acceptors (Lipinski definition) is 6. The molecule has 29 heavy (non-hydrogen) atoms. The predicted molar refractivity (Wildman–Crippen MR) is 101 cm³/mol. The van der Waals surface area contributed by atoms with Crippen molar-refractivity contribution in [3.63, 3.8) is 0 Å². The first-order valence-electron chi connectivity index (χ1n) is 10.2. The van der Waals surface area contributed by atoms with Crippen LogP contribution in [0.4, 0.5) is 14.7 Å². The van der Waals surface area contributed by atoms with Gasteiger partial charge in [0, 0.05) is 31.1 Å². The molecule has 5 rings (SSSR count). The van der Waals surface area contributed by atoms with E-state index in [-0.39, 0.29) is 12.4 Å². The van der Waals surface area contributed by atoms with E-state index in [9.17, 15) is 13.9 Å². The highest BCUT2D eigenvalue weighted by molar-refractivity contribution is 5.45. The minimum atomic E-state index is -2.81. The maximum Gasteiger partial charge on any atom is 0.256 e. The third kappa shape index (κ3) is 3.34. The van der Waals surface area contributed by atoms with Gasteiger partial charge < -0.3 is 10.4 Å². The van der Waals surface area contributed by atoms with E-state index < -0.39 is 18.1 Å². The summed E-state index contributed by atoms with van der Waals surface area (Å²) in [6.07, 6.45) is 2.71. The van der Waals surface area contributed by atoms with E-state index in [4.69, 9.17) is 5.26 Å². The summed E-state index contributed by atoms with van der Waals surface area (Å²) < 4.78 is 28.1. The zero-order chi connectivity index (χ0) is 20.2. The summed E-state index contributed by atoms with van der Waals surface area (Å²) in [6.45, 7) is 2.54. The van der Waals surface area contributed by atoms with Crippen LogP contribution in [0.25, 0.3) is 5.65 Å². The summed E-state index contributed by atoms with van der Waals surface area (Å²) in [7, 11) is 0. The molecule has 0 amide bonds. The molecule has 2 N–H and O–H groups in total. The predicted octanol–water partition coefficient (Wildman–Crippen LogP) is 2.60. The smallest absolute Gasteiger partial charge is 0.256 e. The molecule has 1 unspecified atom stereocenters. The second-order valence-corrected chi connectivity index (χ2v) is 8.89. The molecule has 9 heteroatoms. The van der Waals surface area contributed by atoms with E-state index >= 15 is 0 Å². The molecule has 1 saturated heterocycles.